The summed E-state index contributed by atoms with van der Waals surface area (Å²) in [7, 11) is 0. The van der Waals surface area contributed by atoms with Crippen LogP contribution in [0.4, 0.5) is 57.1 Å². The van der Waals surface area contributed by atoms with Crippen molar-refractivity contribution in [2.75, 3.05) is 19.8 Å². The lowest BCUT2D eigenvalue weighted by atomic mass is 10.1. The largest absolute Gasteiger partial charge is 0.527 e. The van der Waals surface area contributed by atoms with Gasteiger partial charge in [-0.3, -0.25) is 0 Å². The third-order valence-corrected chi connectivity index (χ3v) is 6.56. The van der Waals surface area contributed by atoms with Crippen molar-refractivity contribution in [1.82, 2.24) is 9.97 Å². The van der Waals surface area contributed by atoms with Gasteiger partial charge in [0.2, 0.25) is 0 Å². The van der Waals surface area contributed by atoms with Gasteiger partial charge in [-0.15, -0.1) is 13.2 Å². The van der Waals surface area contributed by atoms with Crippen LogP contribution in [0, 0.1) is 0 Å². The molecular weight excluding hydrogens is 715 g/mol. The Morgan fingerprint density at radius 3 is 1.64 bits per heavy atom. The molecule has 0 N–H and O–H groups in total. The molecule has 2 aromatic rings. The fourth-order valence-electron chi connectivity index (χ4n) is 4.07. The van der Waals surface area contributed by atoms with Crippen LogP contribution in [-0.2, 0) is 25.4 Å². The van der Waals surface area contributed by atoms with Crippen LogP contribution in [0.25, 0.3) is 11.4 Å². The number of aromatic nitrogens is 2. The molecule has 2 rings (SSSR count). The molecule has 0 atom stereocenters. The van der Waals surface area contributed by atoms with Crippen LogP contribution in [0.5, 0.6) is 5.75 Å². The molecule has 286 valence electrons. The van der Waals surface area contributed by atoms with Gasteiger partial charge < -0.3 is 9.47 Å². The Bertz CT molecular complexity index is 1270. The molecule has 50 heavy (non-hydrogen) atoms. The fourth-order valence-corrected chi connectivity index (χ4v) is 4.07. The second-order valence-electron chi connectivity index (χ2n) is 10.9. The standard InChI is InChI=1S/C30H35F13N2O5/c1-2-3-4-5-6-8-11-21-18-44-24(45-19-21)22-12-14-23(15-13-22)47-17-10-7-9-16-46-20-25(31,32)48-26(33,34)27(35,36)49-28(37,38)29(39,40)50-30(41,42)43/h12-15,18-19H,2-11,16-17,20H2,1H3. The van der Waals surface area contributed by atoms with Gasteiger partial charge in [0.05, 0.1) is 6.61 Å². The second-order valence-corrected chi connectivity index (χ2v) is 10.9. The Kier molecular flexibility index (Phi) is 16.0. The van der Waals surface area contributed by atoms with Crippen molar-refractivity contribution < 1.29 is 80.8 Å². The van der Waals surface area contributed by atoms with E-state index < -0.39 is 50.1 Å². The third kappa shape index (κ3) is 14.7. The number of unbranched alkanes of at least 4 members (excludes halogenated alkanes) is 7. The van der Waals surface area contributed by atoms with Crippen molar-refractivity contribution in [3.05, 3.63) is 42.2 Å². The molecule has 0 unspecified atom stereocenters. The first-order chi connectivity index (χ1) is 23.1. The molecule has 1 aromatic carbocycles. The van der Waals surface area contributed by atoms with Crippen LogP contribution in [0.1, 0.15) is 70.3 Å². The van der Waals surface area contributed by atoms with Gasteiger partial charge in [0.15, 0.2) is 5.82 Å². The van der Waals surface area contributed by atoms with Crippen molar-refractivity contribution >= 4 is 0 Å². The summed E-state index contributed by atoms with van der Waals surface area (Å²) in [4.78, 5) is 8.82. The van der Waals surface area contributed by atoms with Crippen LogP contribution in [0.3, 0.4) is 0 Å². The lowest BCUT2D eigenvalue weighted by Gasteiger charge is -2.33. The van der Waals surface area contributed by atoms with Gasteiger partial charge in [0, 0.05) is 24.6 Å². The van der Waals surface area contributed by atoms with Crippen LogP contribution in [-0.4, -0.2) is 66.7 Å². The molecule has 1 heterocycles. The van der Waals surface area contributed by atoms with E-state index in [9.17, 15) is 57.1 Å². The van der Waals surface area contributed by atoms with Crippen molar-refractivity contribution in [3.63, 3.8) is 0 Å². The predicted octanol–water partition coefficient (Wildman–Crippen LogP) is 10.1. The molecule has 0 aliphatic carbocycles. The topological polar surface area (TPSA) is 71.9 Å². The van der Waals surface area contributed by atoms with E-state index in [-0.39, 0.29) is 19.4 Å². The third-order valence-electron chi connectivity index (χ3n) is 6.56. The number of hydrogen-bond acceptors (Lipinski definition) is 7. The molecule has 0 radical (unpaired) electrons. The molecule has 0 saturated carbocycles. The van der Waals surface area contributed by atoms with E-state index in [1.165, 1.54) is 25.7 Å². The molecule has 0 amide bonds. The monoisotopic (exact) mass is 750 g/mol. The second kappa shape index (κ2) is 18.5. The van der Waals surface area contributed by atoms with Crippen molar-refractivity contribution in [2.24, 2.45) is 0 Å². The fraction of sp³-hybridized carbons (Fsp3) is 0.667. The average Bonchev–Trinajstić information content (AvgIpc) is 2.98. The first-order valence-electron chi connectivity index (χ1n) is 15.3. The van der Waals surface area contributed by atoms with Crippen molar-refractivity contribution in [2.45, 2.75) is 108 Å². The van der Waals surface area contributed by atoms with Gasteiger partial charge >= 0.3 is 36.9 Å². The maximum atomic E-state index is 13.6. The van der Waals surface area contributed by atoms with E-state index in [1.54, 1.807) is 46.1 Å². The van der Waals surface area contributed by atoms with E-state index >= 15 is 0 Å². The minimum atomic E-state index is -7.09. The van der Waals surface area contributed by atoms with E-state index in [1.807, 2.05) is 0 Å². The summed E-state index contributed by atoms with van der Waals surface area (Å²) in [6.07, 6.45) is -27.5. The number of ether oxygens (including phenoxy) is 5. The highest BCUT2D eigenvalue weighted by atomic mass is 19.4. The maximum Gasteiger partial charge on any atom is 0.527 e. The molecule has 0 aliphatic heterocycles. The summed E-state index contributed by atoms with van der Waals surface area (Å²) in [6, 6.07) is 6.87. The zero-order valence-electron chi connectivity index (χ0n) is 26.5. The van der Waals surface area contributed by atoms with Crippen molar-refractivity contribution in [3.8, 4) is 17.1 Å². The first kappa shape index (κ1) is 43.2. The van der Waals surface area contributed by atoms with E-state index in [0.717, 1.165) is 30.4 Å². The zero-order valence-corrected chi connectivity index (χ0v) is 26.5. The van der Waals surface area contributed by atoms with Gasteiger partial charge in [0.1, 0.15) is 12.4 Å². The number of hydrogen-bond donors (Lipinski definition) is 0. The molecule has 0 fully saturated rings. The summed E-state index contributed by atoms with van der Waals surface area (Å²) >= 11 is 0. The van der Waals surface area contributed by atoms with E-state index in [2.05, 4.69) is 26.4 Å². The van der Waals surface area contributed by atoms with Crippen LogP contribution < -0.4 is 4.74 Å². The highest BCUT2D eigenvalue weighted by Gasteiger charge is 2.74. The van der Waals surface area contributed by atoms with Gasteiger partial charge in [0.25, 0.3) is 0 Å². The van der Waals surface area contributed by atoms with Gasteiger partial charge in [-0.1, -0.05) is 39.0 Å². The van der Waals surface area contributed by atoms with Crippen molar-refractivity contribution in [1.29, 1.82) is 0 Å². The maximum absolute atomic E-state index is 13.6. The summed E-state index contributed by atoms with van der Waals surface area (Å²) in [5.41, 5.74) is 1.81. The minimum absolute atomic E-state index is 0.0285. The molecular formula is C30H35F13N2O5. The summed E-state index contributed by atoms with van der Waals surface area (Å²) in [6.45, 7) is -0.344. The smallest absolute Gasteiger partial charge is 0.494 e. The summed E-state index contributed by atoms with van der Waals surface area (Å²) in [5, 5.41) is 0. The highest BCUT2D eigenvalue weighted by molar-refractivity contribution is 5.55. The lowest BCUT2D eigenvalue weighted by molar-refractivity contribution is -0.564. The van der Waals surface area contributed by atoms with Crippen LogP contribution in [0.2, 0.25) is 0 Å². The SMILES string of the molecule is CCCCCCCCc1cnc(-c2ccc(OCCCCCOCC(F)(F)OC(F)(F)C(F)(F)OC(F)(F)C(F)(F)OC(F)(F)F)cc2)nc1. The normalized spacial score (nSPS) is 13.6. The zero-order chi connectivity index (χ0) is 37.7. The Balaban J connectivity index is 1.69. The van der Waals surface area contributed by atoms with Gasteiger partial charge in [-0.05, 0) is 61.9 Å². The molecule has 1 aromatic heterocycles. The van der Waals surface area contributed by atoms with Gasteiger partial charge in [-0.25, -0.2) is 24.2 Å². The molecule has 0 saturated heterocycles. The van der Waals surface area contributed by atoms with Crippen LogP contribution >= 0.6 is 0 Å². The number of nitrogens with zero attached hydrogens (tertiary/aromatic N) is 2. The molecule has 7 nitrogen and oxygen atoms in total. The number of halogens is 13. The lowest BCUT2D eigenvalue weighted by Crippen LogP contribution is -2.57. The Morgan fingerprint density at radius 1 is 0.560 bits per heavy atom. The summed E-state index contributed by atoms with van der Waals surface area (Å²) in [5.74, 6) is 1.03. The number of alkyl halides is 13. The van der Waals surface area contributed by atoms with E-state index in [0.29, 0.717) is 18.0 Å². The average molecular weight is 751 g/mol. The molecule has 0 bridgehead atoms. The first-order valence-corrected chi connectivity index (χ1v) is 15.3. The van der Waals surface area contributed by atoms with Gasteiger partial charge in [-0.2, -0.15) is 43.9 Å². The summed E-state index contributed by atoms with van der Waals surface area (Å²) < 4.78 is 184. The number of benzene rings is 1. The minimum Gasteiger partial charge on any atom is -0.494 e. The highest BCUT2D eigenvalue weighted by Crippen LogP contribution is 2.48. The van der Waals surface area contributed by atoms with Crippen LogP contribution in [0.15, 0.2) is 36.7 Å². The molecule has 0 aliphatic rings. The quantitative estimate of drug-likeness (QED) is 0.0782. The molecule has 0 spiro atoms. The molecule has 20 heteroatoms. The Labute approximate surface area is 278 Å². The Morgan fingerprint density at radius 2 is 1.06 bits per heavy atom. The Hall–Kier alpha value is -2.97. The van der Waals surface area contributed by atoms with E-state index in [4.69, 9.17) is 4.74 Å². The predicted molar refractivity (Wildman–Crippen MR) is 149 cm³/mol. The number of rotatable bonds is 24. The number of aryl methyl sites for hydroxylation is 1.